The van der Waals surface area contributed by atoms with Gasteiger partial charge in [0.25, 0.3) is 0 Å². The van der Waals surface area contributed by atoms with Crippen LogP contribution in [-0.4, -0.2) is 26.4 Å². The topological polar surface area (TPSA) is 69.0 Å². The summed E-state index contributed by atoms with van der Waals surface area (Å²) in [6, 6.07) is 25.8. The number of carbonyl (C=O) groups is 1. The van der Waals surface area contributed by atoms with Crippen molar-refractivity contribution in [1.29, 1.82) is 0 Å². The van der Waals surface area contributed by atoms with E-state index in [1.165, 1.54) is 11.8 Å². The number of aromatic nitrogens is 3. The van der Waals surface area contributed by atoms with Gasteiger partial charge in [-0.2, -0.15) is 0 Å². The number of anilines is 1. The fourth-order valence-corrected chi connectivity index (χ4v) is 4.10. The van der Waals surface area contributed by atoms with Gasteiger partial charge in [-0.25, -0.2) is 0 Å². The monoisotopic (exact) mass is 458 g/mol. The molecule has 1 N–H and O–H groups in total. The molecule has 0 saturated carbocycles. The summed E-state index contributed by atoms with van der Waals surface area (Å²) in [6.07, 6.45) is 0. The van der Waals surface area contributed by atoms with Gasteiger partial charge in [0.2, 0.25) is 5.91 Å². The summed E-state index contributed by atoms with van der Waals surface area (Å²) in [6.45, 7) is 4.89. The lowest BCUT2D eigenvalue weighted by Gasteiger charge is -2.12. The molecule has 0 aliphatic rings. The molecule has 0 atom stereocenters. The third-order valence-corrected chi connectivity index (χ3v) is 6.05. The molecule has 0 spiro atoms. The summed E-state index contributed by atoms with van der Waals surface area (Å²) < 4.78 is 7.98. The number of nitrogens with one attached hydrogen (secondary N) is 1. The lowest BCUT2D eigenvalue weighted by atomic mass is 10.2. The van der Waals surface area contributed by atoms with E-state index in [-0.39, 0.29) is 11.7 Å². The van der Waals surface area contributed by atoms with E-state index in [0.29, 0.717) is 24.1 Å². The molecule has 4 aromatic rings. The highest BCUT2D eigenvalue weighted by Gasteiger charge is 2.16. The minimum Gasteiger partial charge on any atom is -0.486 e. The molecule has 168 valence electrons. The first-order valence-corrected chi connectivity index (χ1v) is 11.7. The molecule has 7 heteroatoms. The molecule has 3 aromatic carbocycles. The Morgan fingerprint density at radius 3 is 2.55 bits per heavy atom. The Kier molecular flexibility index (Phi) is 7.42. The van der Waals surface area contributed by atoms with E-state index in [1.807, 2.05) is 85.1 Å². The fraction of sp³-hybridized carbons (Fsp3) is 0.192. The smallest absolute Gasteiger partial charge is 0.234 e. The molecule has 1 aromatic heterocycles. The van der Waals surface area contributed by atoms with Crippen molar-refractivity contribution in [2.24, 2.45) is 0 Å². The van der Waals surface area contributed by atoms with Gasteiger partial charge in [-0.05, 0) is 48.7 Å². The van der Waals surface area contributed by atoms with Gasteiger partial charge in [0, 0.05) is 5.69 Å². The molecule has 0 fully saturated rings. The summed E-state index contributed by atoms with van der Waals surface area (Å²) in [5, 5.41) is 12.4. The Labute approximate surface area is 198 Å². The van der Waals surface area contributed by atoms with Crippen molar-refractivity contribution in [2.75, 3.05) is 11.1 Å². The van der Waals surface area contributed by atoms with Crippen LogP contribution < -0.4 is 10.1 Å². The molecule has 4 rings (SSSR count). The SMILES string of the molecule is Cc1cccc(OCc2nnc(SCC(=O)Nc3ccccc3C)n2Cc2ccccc2)c1. The maximum atomic E-state index is 12.5. The third kappa shape index (κ3) is 6.23. The highest BCUT2D eigenvalue weighted by Crippen LogP contribution is 2.22. The standard InChI is InChI=1S/C26H26N4O2S/c1-19-9-8-13-22(15-19)32-17-24-28-29-26(30(24)16-21-11-4-3-5-12-21)33-18-25(31)27-23-14-7-6-10-20(23)2/h3-15H,16-18H2,1-2H3,(H,27,31). The number of hydrogen-bond acceptors (Lipinski definition) is 5. The molecule has 33 heavy (non-hydrogen) atoms. The van der Waals surface area contributed by atoms with Crippen molar-refractivity contribution in [1.82, 2.24) is 14.8 Å². The van der Waals surface area contributed by atoms with Crippen LogP contribution in [0.25, 0.3) is 0 Å². The van der Waals surface area contributed by atoms with Crippen molar-refractivity contribution in [3.05, 3.63) is 101 Å². The lowest BCUT2D eigenvalue weighted by Crippen LogP contribution is -2.16. The number of benzene rings is 3. The highest BCUT2D eigenvalue weighted by atomic mass is 32.2. The number of hydrogen-bond donors (Lipinski definition) is 1. The Bertz CT molecular complexity index is 1220. The van der Waals surface area contributed by atoms with E-state index in [1.54, 1.807) is 0 Å². The second kappa shape index (κ2) is 10.8. The van der Waals surface area contributed by atoms with E-state index < -0.39 is 0 Å². The quantitative estimate of drug-likeness (QED) is 0.347. The number of carbonyl (C=O) groups excluding carboxylic acids is 1. The van der Waals surface area contributed by atoms with E-state index in [4.69, 9.17) is 4.74 Å². The van der Waals surface area contributed by atoms with E-state index >= 15 is 0 Å². The molecule has 0 aliphatic carbocycles. The van der Waals surface area contributed by atoms with Crippen LogP contribution >= 0.6 is 11.8 Å². The minimum absolute atomic E-state index is 0.0823. The molecule has 6 nitrogen and oxygen atoms in total. The predicted octanol–water partition coefficient (Wildman–Crippen LogP) is 5.25. The number of aryl methyl sites for hydroxylation is 2. The van der Waals surface area contributed by atoms with Crippen LogP contribution in [0.15, 0.2) is 84.0 Å². The van der Waals surface area contributed by atoms with Crippen LogP contribution in [-0.2, 0) is 17.9 Å². The number of para-hydroxylation sites is 1. The second-order valence-electron chi connectivity index (χ2n) is 7.73. The van der Waals surface area contributed by atoms with Gasteiger partial charge in [-0.3, -0.25) is 9.36 Å². The zero-order chi connectivity index (χ0) is 23.0. The normalized spacial score (nSPS) is 10.7. The van der Waals surface area contributed by atoms with Crippen molar-refractivity contribution in [3.8, 4) is 5.75 Å². The number of thioether (sulfide) groups is 1. The highest BCUT2D eigenvalue weighted by molar-refractivity contribution is 7.99. The predicted molar refractivity (Wildman–Crippen MR) is 132 cm³/mol. The van der Waals surface area contributed by atoms with Crippen LogP contribution in [0, 0.1) is 13.8 Å². The van der Waals surface area contributed by atoms with Crippen molar-refractivity contribution in [2.45, 2.75) is 32.2 Å². The fourth-order valence-electron chi connectivity index (χ4n) is 3.34. The number of ether oxygens (including phenoxy) is 1. The van der Waals surface area contributed by atoms with Gasteiger partial charge >= 0.3 is 0 Å². The Morgan fingerprint density at radius 1 is 0.970 bits per heavy atom. The van der Waals surface area contributed by atoms with Crippen molar-refractivity contribution in [3.63, 3.8) is 0 Å². The Morgan fingerprint density at radius 2 is 1.76 bits per heavy atom. The summed E-state index contributed by atoms with van der Waals surface area (Å²) >= 11 is 1.37. The van der Waals surface area contributed by atoms with Crippen molar-refractivity contribution < 1.29 is 9.53 Å². The molecule has 0 saturated heterocycles. The van der Waals surface area contributed by atoms with E-state index in [2.05, 4.69) is 27.6 Å². The number of rotatable bonds is 9. The average Bonchev–Trinajstić information content (AvgIpc) is 3.20. The largest absolute Gasteiger partial charge is 0.486 e. The zero-order valence-corrected chi connectivity index (χ0v) is 19.5. The average molecular weight is 459 g/mol. The van der Waals surface area contributed by atoms with Gasteiger partial charge in [0.15, 0.2) is 11.0 Å². The summed E-state index contributed by atoms with van der Waals surface area (Å²) in [4.78, 5) is 12.5. The van der Waals surface area contributed by atoms with Gasteiger partial charge < -0.3 is 10.1 Å². The molecule has 1 heterocycles. The first-order valence-electron chi connectivity index (χ1n) is 10.7. The third-order valence-electron chi connectivity index (χ3n) is 5.09. The molecule has 0 aliphatic heterocycles. The Hall–Kier alpha value is -3.58. The summed E-state index contributed by atoms with van der Waals surface area (Å²) in [5.74, 6) is 1.65. The Balaban J connectivity index is 1.47. The maximum absolute atomic E-state index is 12.5. The number of nitrogens with zero attached hydrogens (tertiary/aromatic N) is 3. The van der Waals surface area contributed by atoms with Crippen LogP contribution in [0.3, 0.4) is 0 Å². The summed E-state index contributed by atoms with van der Waals surface area (Å²) in [7, 11) is 0. The first-order chi connectivity index (χ1) is 16.1. The van der Waals surface area contributed by atoms with E-state index in [9.17, 15) is 4.79 Å². The molecule has 0 radical (unpaired) electrons. The summed E-state index contributed by atoms with van der Waals surface area (Å²) in [5.41, 5.74) is 4.11. The minimum atomic E-state index is -0.0823. The van der Waals surface area contributed by atoms with Crippen molar-refractivity contribution >= 4 is 23.4 Å². The van der Waals surface area contributed by atoms with Crippen LogP contribution in [0.5, 0.6) is 5.75 Å². The molecule has 0 bridgehead atoms. The van der Waals surface area contributed by atoms with E-state index in [0.717, 1.165) is 28.1 Å². The maximum Gasteiger partial charge on any atom is 0.234 e. The zero-order valence-electron chi connectivity index (χ0n) is 18.7. The molecule has 0 unspecified atom stereocenters. The second-order valence-corrected chi connectivity index (χ2v) is 8.67. The van der Waals surface area contributed by atoms with Gasteiger partial charge in [-0.15, -0.1) is 10.2 Å². The molecular weight excluding hydrogens is 432 g/mol. The number of amides is 1. The van der Waals surface area contributed by atoms with Crippen LogP contribution in [0.1, 0.15) is 22.5 Å². The van der Waals surface area contributed by atoms with Gasteiger partial charge in [0.05, 0.1) is 12.3 Å². The lowest BCUT2D eigenvalue weighted by molar-refractivity contribution is -0.113. The molecular formula is C26H26N4O2S. The van der Waals surface area contributed by atoms with Crippen LogP contribution in [0.4, 0.5) is 5.69 Å². The molecule has 1 amide bonds. The first kappa shape index (κ1) is 22.6. The van der Waals surface area contributed by atoms with Crippen LogP contribution in [0.2, 0.25) is 0 Å². The van der Waals surface area contributed by atoms with Gasteiger partial charge in [0.1, 0.15) is 12.4 Å². The van der Waals surface area contributed by atoms with Gasteiger partial charge in [-0.1, -0.05) is 72.4 Å².